The minimum atomic E-state index is -0.311. The number of hydrogen-bond acceptors (Lipinski definition) is 2. The second-order valence-electron chi connectivity index (χ2n) is 8.35. The van der Waals surface area contributed by atoms with E-state index in [0.717, 1.165) is 17.6 Å². The Kier molecular flexibility index (Phi) is 18.0. The van der Waals surface area contributed by atoms with Crippen molar-refractivity contribution >= 4 is 5.97 Å². The van der Waals surface area contributed by atoms with Crippen LogP contribution in [-0.4, -0.2) is 43.7 Å². The zero-order valence-electron chi connectivity index (χ0n) is 18.8. The molecule has 1 atom stereocenters. The summed E-state index contributed by atoms with van der Waals surface area (Å²) in [4.78, 5) is 11.1. The molecule has 0 saturated carbocycles. The SMILES string of the molecule is C=CC(=O)OCC[N+](C)(CC)CCCCCCCCCCCCCCCC. The Morgan fingerprint density at radius 2 is 1.22 bits per heavy atom. The zero-order chi connectivity index (χ0) is 20.2. The molecule has 0 fully saturated rings. The molecule has 160 valence electrons. The molecular weight excluding hydrogens is 334 g/mol. The summed E-state index contributed by atoms with van der Waals surface area (Å²) >= 11 is 0. The fraction of sp³-hybridized carbons (Fsp3) is 0.875. The molecule has 1 unspecified atom stereocenters. The highest BCUT2D eigenvalue weighted by molar-refractivity contribution is 5.81. The van der Waals surface area contributed by atoms with Gasteiger partial charge in [0.15, 0.2) is 0 Å². The van der Waals surface area contributed by atoms with Crippen LogP contribution in [0.4, 0.5) is 0 Å². The van der Waals surface area contributed by atoms with E-state index in [4.69, 9.17) is 4.74 Å². The van der Waals surface area contributed by atoms with E-state index in [9.17, 15) is 4.79 Å². The Labute approximate surface area is 170 Å². The molecule has 3 heteroatoms. The highest BCUT2D eigenvalue weighted by atomic mass is 16.5. The highest BCUT2D eigenvalue weighted by Gasteiger charge is 2.18. The average Bonchev–Trinajstić information content (AvgIpc) is 2.68. The lowest BCUT2D eigenvalue weighted by molar-refractivity contribution is -0.908. The third-order valence-corrected chi connectivity index (χ3v) is 5.86. The van der Waals surface area contributed by atoms with Crippen LogP contribution in [0.15, 0.2) is 12.7 Å². The first-order chi connectivity index (χ1) is 13.1. The fourth-order valence-corrected chi connectivity index (χ4v) is 3.54. The van der Waals surface area contributed by atoms with E-state index in [1.54, 1.807) is 0 Å². The van der Waals surface area contributed by atoms with E-state index in [-0.39, 0.29) is 5.97 Å². The Morgan fingerprint density at radius 3 is 1.63 bits per heavy atom. The summed E-state index contributed by atoms with van der Waals surface area (Å²) in [5.74, 6) is -0.311. The lowest BCUT2D eigenvalue weighted by Gasteiger charge is -2.33. The largest absolute Gasteiger partial charge is 0.457 e. The molecule has 0 rings (SSSR count). The predicted octanol–water partition coefficient (Wildman–Crippen LogP) is 6.66. The van der Waals surface area contributed by atoms with Gasteiger partial charge in [-0.15, -0.1) is 0 Å². The van der Waals surface area contributed by atoms with Crippen LogP contribution in [0.2, 0.25) is 0 Å². The second-order valence-corrected chi connectivity index (χ2v) is 8.35. The summed E-state index contributed by atoms with van der Waals surface area (Å²) in [5, 5.41) is 0. The van der Waals surface area contributed by atoms with Gasteiger partial charge in [-0.1, -0.05) is 90.6 Å². The molecule has 27 heavy (non-hydrogen) atoms. The summed E-state index contributed by atoms with van der Waals surface area (Å²) in [5.41, 5.74) is 0. The molecule has 0 aromatic carbocycles. The van der Waals surface area contributed by atoms with E-state index in [2.05, 4.69) is 27.5 Å². The van der Waals surface area contributed by atoms with Crippen LogP contribution in [0, 0.1) is 0 Å². The number of likely N-dealkylation sites (N-methyl/N-ethyl adjacent to an activating group) is 1. The molecule has 0 heterocycles. The number of quaternary nitrogens is 1. The molecule has 0 N–H and O–H groups in total. The van der Waals surface area contributed by atoms with Crippen LogP contribution in [0.5, 0.6) is 0 Å². The topological polar surface area (TPSA) is 26.3 Å². The average molecular weight is 383 g/mol. The Morgan fingerprint density at radius 1 is 0.778 bits per heavy atom. The van der Waals surface area contributed by atoms with Gasteiger partial charge in [-0.2, -0.15) is 0 Å². The van der Waals surface area contributed by atoms with Crippen molar-refractivity contribution in [2.24, 2.45) is 0 Å². The summed E-state index contributed by atoms with van der Waals surface area (Å²) in [7, 11) is 2.27. The van der Waals surface area contributed by atoms with Crippen molar-refractivity contribution in [3.8, 4) is 0 Å². The number of ether oxygens (including phenoxy) is 1. The van der Waals surface area contributed by atoms with Crippen molar-refractivity contribution in [3.05, 3.63) is 12.7 Å². The molecule has 3 nitrogen and oxygen atoms in total. The number of rotatable bonds is 20. The lowest BCUT2D eigenvalue weighted by Crippen LogP contribution is -2.47. The number of unbranched alkanes of at least 4 members (excludes halogenated alkanes) is 13. The van der Waals surface area contributed by atoms with Crippen LogP contribution in [-0.2, 0) is 9.53 Å². The van der Waals surface area contributed by atoms with Gasteiger partial charge in [0.05, 0.1) is 20.1 Å². The van der Waals surface area contributed by atoms with Crippen LogP contribution in [0.3, 0.4) is 0 Å². The normalized spacial score (nSPS) is 13.3. The molecule has 0 aliphatic carbocycles. The second kappa shape index (κ2) is 18.5. The van der Waals surface area contributed by atoms with Crippen molar-refractivity contribution in [1.82, 2.24) is 0 Å². The van der Waals surface area contributed by atoms with E-state index < -0.39 is 0 Å². The van der Waals surface area contributed by atoms with E-state index >= 15 is 0 Å². The standard InChI is InChI=1S/C24H48NO2/c1-5-8-9-10-11-12-13-14-15-16-17-18-19-20-21-25(4,7-3)22-23-27-24(26)6-2/h6H,2,5,7-23H2,1,3-4H3/q+1. The van der Waals surface area contributed by atoms with Crippen molar-refractivity contribution in [2.45, 2.75) is 104 Å². The first-order valence-corrected chi connectivity index (χ1v) is 11.7. The maximum absolute atomic E-state index is 11.1. The Bertz CT molecular complexity index is 356. The van der Waals surface area contributed by atoms with Crippen LogP contribution in [0.25, 0.3) is 0 Å². The van der Waals surface area contributed by atoms with Crippen molar-refractivity contribution in [2.75, 3.05) is 33.3 Å². The summed E-state index contributed by atoms with van der Waals surface area (Å²) in [6, 6.07) is 0. The number of carbonyl (C=O) groups is 1. The fourth-order valence-electron chi connectivity index (χ4n) is 3.54. The van der Waals surface area contributed by atoms with Gasteiger partial charge in [0.1, 0.15) is 13.2 Å². The van der Waals surface area contributed by atoms with Gasteiger partial charge in [-0.05, 0) is 19.8 Å². The molecule has 0 aliphatic rings. The third-order valence-electron chi connectivity index (χ3n) is 5.86. The number of esters is 1. The molecule has 0 aliphatic heterocycles. The summed E-state index contributed by atoms with van der Waals surface area (Å²) < 4.78 is 6.13. The maximum atomic E-state index is 11.1. The van der Waals surface area contributed by atoms with Crippen molar-refractivity contribution in [1.29, 1.82) is 0 Å². The Hall–Kier alpha value is -0.830. The molecule has 0 spiro atoms. The first kappa shape index (κ1) is 26.2. The van der Waals surface area contributed by atoms with E-state index in [1.807, 2.05) is 0 Å². The minimum Gasteiger partial charge on any atom is -0.457 e. The molecular formula is C24H48NO2+. The van der Waals surface area contributed by atoms with E-state index in [1.165, 1.54) is 103 Å². The van der Waals surface area contributed by atoms with Crippen molar-refractivity contribution < 1.29 is 14.0 Å². The summed E-state index contributed by atoms with van der Waals surface area (Å²) in [6.07, 6.45) is 20.8. The number of carbonyl (C=O) groups excluding carboxylic acids is 1. The quantitative estimate of drug-likeness (QED) is 0.102. The van der Waals surface area contributed by atoms with Gasteiger partial charge >= 0.3 is 5.97 Å². The number of hydrogen-bond donors (Lipinski definition) is 0. The maximum Gasteiger partial charge on any atom is 0.330 e. The van der Waals surface area contributed by atoms with Crippen molar-refractivity contribution in [3.63, 3.8) is 0 Å². The smallest absolute Gasteiger partial charge is 0.330 e. The third kappa shape index (κ3) is 17.0. The van der Waals surface area contributed by atoms with Crippen LogP contribution >= 0.6 is 0 Å². The lowest BCUT2D eigenvalue weighted by atomic mass is 10.0. The molecule has 0 amide bonds. The Balaban J connectivity index is 3.45. The summed E-state index contributed by atoms with van der Waals surface area (Å²) in [6.45, 7) is 11.6. The van der Waals surface area contributed by atoms with E-state index in [0.29, 0.717) is 6.61 Å². The molecule has 0 radical (unpaired) electrons. The molecule has 0 saturated heterocycles. The zero-order valence-corrected chi connectivity index (χ0v) is 18.8. The monoisotopic (exact) mass is 382 g/mol. The highest BCUT2D eigenvalue weighted by Crippen LogP contribution is 2.14. The van der Waals surface area contributed by atoms with Gasteiger partial charge in [-0.25, -0.2) is 4.79 Å². The first-order valence-electron chi connectivity index (χ1n) is 11.7. The van der Waals surface area contributed by atoms with Gasteiger partial charge in [0, 0.05) is 6.08 Å². The van der Waals surface area contributed by atoms with Gasteiger partial charge in [0.2, 0.25) is 0 Å². The van der Waals surface area contributed by atoms with Gasteiger partial charge < -0.3 is 9.22 Å². The van der Waals surface area contributed by atoms with Gasteiger partial charge in [-0.3, -0.25) is 0 Å². The predicted molar refractivity (Wildman–Crippen MR) is 118 cm³/mol. The van der Waals surface area contributed by atoms with Crippen LogP contribution in [0.1, 0.15) is 104 Å². The number of nitrogens with zero attached hydrogens (tertiary/aromatic N) is 1. The minimum absolute atomic E-state index is 0.311. The molecule has 0 aromatic rings. The van der Waals surface area contributed by atoms with Crippen LogP contribution < -0.4 is 0 Å². The van der Waals surface area contributed by atoms with Gasteiger partial charge in [0.25, 0.3) is 0 Å². The molecule has 0 aromatic heterocycles. The molecule has 0 bridgehead atoms.